The van der Waals surface area contributed by atoms with Gasteiger partial charge in [0.05, 0.1) is 0 Å². The molecule has 17 heavy (non-hydrogen) atoms. The molecule has 90 valence electrons. The molecule has 1 saturated carbocycles. The molecule has 0 spiro atoms. The summed E-state index contributed by atoms with van der Waals surface area (Å²) in [5, 5.41) is 8.89. The summed E-state index contributed by atoms with van der Waals surface area (Å²) in [5.41, 5.74) is 2.28. The average molecular weight is 295 g/mol. The second-order valence-electron chi connectivity index (χ2n) is 4.41. The van der Waals surface area contributed by atoms with E-state index in [0.29, 0.717) is 0 Å². The number of carbonyl (C=O) groups is 1. The molecule has 1 aromatic rings. The number of hydrogen-bond donors (Lipinski definition) is 1. The van der Waals surface area contributed by atoms with Crippen molar-refractivity contribution in [3.05, 3.63) is 46.0 Å². The number of carboxylic acid groups (broad SMARTS) is 1. The molecule has 1 aromatic carbocycles. The van der Waals surface area contributed by atoms with Crippen LogP contribution in [0.25, 0.3) is 0 Å². The van der Waals surface area contributed by atoms with Gasteiger partial charge in [-0.1, -0.05) is 40.1 Å². The van der Waals surface area contributed by atoms with Gasteiger partial charge in [-0.25, -0.2) is 4.79 Å². The van der Waals surface area contributed by atoms with E-state index in [2.05, 4.69) is 28.1 Å². The number of allylic oxidation sites excluding steroid dienone is 1. The Kier molecular flexibility index (Phi) is 4.00. The highest BCUT2D eigenvalue weighted by Gasteiger charge is 2.21. The topological polar surface area (TPSA) is 37.3 Å². The molecule has 0 radical (unpaired) electrons. The number of benzene rings is 1. The quantitative estimate of drug-likeness (QED) is 0.833. The molecule has 1 N–H and O–H groups in total. The van der Waals surface area contributed by atoms with Gasteiger partial charge in [0.2, 0.25) is 0 Å². The number of halogens is 1. The van der Waals surface area contributed by atoms with Crippen LogP contribution in [0.15, 0.2) is 40.4 Å². The van der Waals surface area contributed by atoms with Crippen LogP contribution in [0.5, 0.6) is 0 Å². The van der Waals surface area contributed by atoms with Crippen molar-refractivity contribution in [1.29, 1.82) is 0 Å². The average Bonchev–Trinajstić information content (AvgIpc) is 2.30. The number of hydrogen-bond acceptors (Lipinski definition) is 1. The smallest absolute Gasteiger partial charge is 0.328 e. The van der Waals surface area contributed by atoms with Crippen molar-refractivity contribution in [2.45, 2.75) is 31.6 Å². The van der Waals surface area contributed by atoms with Crippen LogP contribution in [0, 0.1) is 0 Å². The molecule has 1 aliphatic rings. The second kappa shape index (κ2) is 5.50. The van der Waals surface area contributed by atoms with E-state index in [1.807, 2.05) is 12.1 Å². The lowest BCUT2D eigenvalue weighted by molar-refractivity contribution is -0.131. The Labute approximate surface area is 109 Å². The summed E-state index contributed by atoms with van der Waals surface area (Å²) in [6.45, 7) is 0. The minimum absolute atomic E-state index is 0.285. The van der Waals surface area contributed by atoms with Gasteiger partial charge in [-0.05, 0) is 37.0 Å². The Bertz CT molecular complexity index is 434. The van der Waals surface area contributed by atoms with Crippen molar-refractivity contribution in [3.63, 3.8) is 0 Å². The Morgan fingerprint density at radius 1 is 1.29 bits per heavy atom. The van der Waals surface area contributed by atoms with Gasteiger partial charge >= 0.3 is 5.97 Å². The molecule has 0 aromatic heterocycles. The third-order valence-corrected chi connectivity index (χ3v) is 3.77. The maximum atomic E-state index is 10.8. The second-order valence-corrected chi connectivity index (χ2v) is 5.32. The third-order valence-electron chi connectivity index (χ3n) is 3.24. The summed E-state index contributed by atoms with van der Waals surface area (Å²) in [5.74, 6) is -0.544. The van der Waals surface area contributed by atoms with Crippen LogP contribution in [-0.4, -0.2) is 11.1 Å². The van der Waals surface area contributed by atoms with Crippen molar-refractivity contribution < 1.29 is 9.90 Å². The first-order valence-electron chi connectivity index (χ1n) is 5.85. The van der Waals surface area contributed by atoms with Crippen molar-refractivity contribution in [2.24, 2.45) is 0 Å². The summed E-state index contributed by atoms with van der Waals surface area (Å²) >= 11 is 3.42. The van der Waals surface area contributed by atoms with Crippen LogP contribution in [0.2, 0.25) is 0 Å². The molecule has 0 saturated heterocycles. The zero-order valence-electron chi connectivity index (χ0n) is 9.53. The molecule has 1 atom stereocenters. The Morgan fingerprint density at radius 2 is 2.00 bits per heavy atom. The molecule has 0 bridgehead atoms. The zero-order chi connectivity index (χ0) is 12.3. The van der Waals surface area contributed by atoms with Crippen LogP contribution in [-0.2, 0) is 4.79 Å². The minimum atomic E-state index is -0.830. The molecule has 2 nitrogen and oxygen atoms in total. The van der Waals surface area contributed by atoms with E-state index < -0.39 is 5.97 Å². The number of rotatable bonds is 2. The molecular weight excluding hydrogens is 280 g/mol. The first-order chi connectivity index (χ1) is 8.16. The molecule has 0 aliphatic heterocycles. The molecular formula is C14H15BrO2. The van der Waals surface area contributed by atoms with Crippen LogP contribution in [0.4, 0.5) is 0 Å². The SMILES string of the molecule is O=C(O)/C=C1\CCCCC1c1ccc(Br)cc1. The van der Waals surface area contributed by atoms with E-state index in [9.17, 15) is 4.79 Å². The normalized spacial score (nSPS) is 22.6. The standard InChI is InChI=1S/C14H15BrO2/c15-12-7-5-10(6-8-12)13-4-2-1-3-11(13)9-14(16)17/h5-9,13H,1-4H2,(H,16,17)/b11-9+. The lowest BCUT2D eigenvalue weighted by atomic mass is 9.79. The summed E-state index contributed by atoms with van der Waals surface area (Å²) in [6, 6.07) is 8.19. The van der Waals surface area contributed by atoms with E-state index in [4.69, 9.17) is 5.11 Å². The summed E-state index contributed by atoms with van der Waals surface area (Å²) in [4.78, 5) is 10.8. The number of aliphatic carboxylic acids is 1. The van der Waals surface area contributed by atoms with E-state index in [1.54, 1.807) is 0 Å². The van der Waals surface area contributed by atoms with Crippen molar-refractivity contribution in [3.8, 4) is 0 Å². The van der Waals surface area contributed by atoms with Crippen LogP contribution >= 0.6 is 15.9 Å². The lowest BCUT2D eigenvalue weighted by Gasteiger charge is -2.25. The van der Waals surface area contributed by atoms with Gasteiger partial charge in [0.1, 0.15) is 0 Å². The first kappa shape index (κ1) is 12.4. The van der Waals surface area contributed by atoms with Gasteiger partial charge in [0.25, 0.3) is 0 Å². The third kappa shape index (κ3) is 3.19. The van der Waals surface area contributed by atoms with Gasteiger partial charge in [0.15, 0.2) is 0 Å². The molecule has 1 unspecified atom stereocenters. The van der Waals surface area contributed by atoms with Crippen LogP contribution < -0.4 is 0 Å². The number of carboxylic acids is 1. The van der Waals surface area contributed by atoms with Crippen LogP contribution in [0.1, 0.15) is 37.2 Å². The molecule has 2 rings (SSSR count). The van der Waals surface area contributed by atoms with Gasteiger partial charge < -0.3 is 5.11 Å². The van der Waals surface area contributed by atoms with Gasteiger partial charge in [-0.15, -0.1) is 0 Å². The monoisotopic (exact) mass is 294 g/mol. The van der Waals surface area contributed by atoms with E-state index in [1.165, 1.54) is 18.1 Å². The highest BCUT2D eigenvalue weighted by molar-refractivity contribution is 9.10. The molecule has 1 aliphatic carbocycles. The fourth-order valence-corrected chi connectivity index (χ4v) is 2.71. The fourth-order valence-electron chi connectivity index (χ4n) is 2.44. The molecule has 0 heterocycles. The molecule has 1 fully saturated rings. The predicted octanol–water partition coefficient (Wildman–Crippen LogP) is 4.12. The fraction of sp³-hybridized carbons (Fsp3) is 0.357. The Balaban J connectivity index is 2.27. The summed E-state index contributed by atoms with van der Waals surface area (Å²) < 4.78 is 1.06. The Morgan fingerprint density at radius 3 is 2.65 bits per heavy atom. The predicted molar refractivity (Wildman–Crippen MR) is 71.1 cm³/mol. The summed E-state index contributed by atoms with van der Waals surface area (Å²) in [7, 11) is 0. The van der Waals surface area contributed by atoms with Crippen molar-refractivity contribution >= 4 is 21.9 Å². The van der Waals surface area contributed by atoms with Crippen molar-refractivity contribution in [2.75, 3.05) is 0 Å². The maximum Gasteiger partial charge on any atom is 0.328 e. The molecule has 3 heteroatoms. The van der Waals surface area contributed by atoms with Crippen molar-refractivity contribution in [1.82, 2.24) is 0 Å². The lowest BCUT2D eigenvalue weighted by Crippen LogP contribution is -2.10. The largest absolute Gasteiger partial charge is 0.478 e. The maximum absolute atomic E-state index is 10.8. The minimum Gasteiger partial charge on any atom is -0.478 e. The van der Waals surface area contributed by atoms with Gasteiger partial charge in [-0.2, -0.15) is 0 Å². The van der Waals surface area contributed by atoms with E-state index in [-0.39, 0.29) is 5.92 Å². The van der Waals surface area contributed by atoms with Gasteiger partial charge in [0, 0.05) is 16.5 Å². The first-order valence-corrected chi connectivity index (χ1v) is 6.65. The zero-order valence-corrected chi connectivity index (χ0v) is 11.1. The highest BCUT2D eigenvalue weighted by Crippen LogP contribution is 2.37. The van der Waals surface area contributed by atoms with E-state index >= 15 is 0 Å². The summed E-state index contributed by atoms with van der Waals surface area (Å²) in [6.07, 6.45) is 5.64. The van der Waals surface area contributed by atoms with E-state index in [0.717, 1.165) is 29.3 Å². The van der Waals surface area contributed by atoms with Gasteiger partial charge in [-0.3, -0.25) is 0 Å². The van der Waals surface area contributed by atoms with Crippen LogP contribution in [0.3, 0.4) is 0 Å². The Hall–Kier alpha value is -1.09. The highest BCUT2D eigenvalue weighted by atomic mass is 79.9. The molecule has 0 amide bonds.